The molecule has 0 aliphatic rings. The Bertz CT molecular complexity index is 700. The third kappa shape index (κ3) is 5.38. The van der Waals surface area contributed by atoms with Crippen molar-refractivity contribution in [2.75, 3.05) is 31.4 Å². The number of ether oxygens (including phenoxy) is 2. The van der Waals surface area contributed by atoms with Gasteiger partial charge in [0.25, 0.3) is 5.91 Å². The summed E-state index contributed by atoms with van der Waals surface area (Å²) in [5, 5.41) is 6.10. The zero-order valence-electron chi connectivity index (χ0n) is 15.1. The lowest BCUT2D eigenvalue weighted by Crippen LogP contribution is -2.14. The lowest BCUT2D eigenvalue weighted by atomic mass is 10.1. The van der Waals surface area contributed by atoms with Crippen LogP contribution in [0.4, 0.5) is 11.4 Å². The lowest BCUT2D eigenvalue weighted by molar-refractivity contribution is 0.102. The molecule has 0 bridgehead atoms. The van der Waals surface area contributed by atoms with Gasteiger partial charge < -0.3 is 20.1 Å². The van der Waals surface area contributed by atoms with Gasteiger partial charge in [-0.2, -0.15) is 0 Å². The van der Waals surface area contributed by atoms with E-state index < -0.39 is 0 Å². The molecule has 0 spiro atoms. The molecule has 2 rings (SSSR count). The second-order valence-electron chi connectivity index (χ2n) is 6.06. The number of carbonyl (C=O) groups is 1. The van der Waals surface area contributed by atoms with Crippen LogP contribution >= 0.6 is 0 Å². The molecule has 2 N–H and O–H groups in total. The summed E-state index contributed by atoms with van der Waals surface area (Å²) < 4.78 is 10.4. The number of nitrogens with one attached hydrogen (secondary N) is 2. The number of carbonyl (C=O) groups excluding carboxylic acids is 1. The van der Waals surface area contributed by atoms with Crippen LogP contribution in [0.2, 0.25) is 0 Å². The highest BCUT2D eigenvalue weighted by atomic mass is 16.5. The summed E-state index contributed by atoms with van der Waals surface area (Å²) in [5.74, 6) is 1.53. The number of anilines is 2. The van der Waals surface area contributed by atoms with Crippen molar-refractivity contribution in [3.05, 3.63) is 42.2 Å². The molecule has 1 heterocycles. The number of benzene rings is 1. The van der Waals surface area contributed by atoms with Crippen molar-refractivity contribution in [3.63, 3.8) is 0 Å². The second kappa shape index (κ2) is 8.92. The zero-order valence-corrected chi connectivity index (χ0v) is 15.1. The van der Waals surface area contributed by atoms with Crippen LogP contribution in [0.1, 0.15) is 30.8 Å². The van der Waals surface area contributed by atoms with Crippen LogP contribution in [0.25, 0.3) is 0 Å². The maximum Gasteiger partial charge on any atom is 0.274 e. The first-order valence-corrected chi connectivity index (χ1v) is 8.26. The first kappa shape index (κ1) is 18.6. The van der Waals surface area contributed by atoms with Crippen LogP contribution in [0.3, 0.4) is 0 Å². The molecule has 0 aliphatic heterocycles. The molecule has 0 saturated heterocycles. The average molecular weight is 343 g/mol. The van der Waals surface area contributed by atoms with E-state index in [9.17, 15) is 4.79 Å². The third-order valence-corrected chi connectivity index (χ3v) is 3.70. The standard InChI is InChI=1S/C19H25N3O3/c1-13(2)9-10-20-14-5-7-16(21-12-14)19(23)22-17-11-15(24-3)6-8-18(17)25-4/h5-8,11-13,20H,9-10H2,1-4H3,(H,22,23). The van der Waals surface area contributed by atoms with Gasteiger partial charge in [-0.25, -0.2) is 4.98 Å². The fourth-order valence-electron chi connectivity index (χ4n) is 2.24. The predicted molar refractivity (Wildman–Crippen MR) is 99.7 cm³/mol. The van der Waals surface area contributed by atoms with Gasteiger partial charge in [-0.1, -0.05) is 13.8 Å². The van der Waals surface area contributed by atoms with E-state index in [2.05, 4.69) is 29.5 Å². The minimum absolute atomic E-state index is 0.305. The van der Waals surface area contributed by atoms with Gasteiger partial charge in [-0.05, 0) is 36.6 Å². The minimum atomic E-state index is -0.305. The molecule has 6 heteroatoms. The Hall–Kier alpha value is -2.76. The number of amides is 1. The van der Waals surface area contributed by atoms with Gasteiger partial charge in [-0.15, -0.1) is 0 Å². The van der Waals surface area contributed by atoms with Crippen molar-refractivity contribution in [2.45, 2.75) is 20.3 Å². The van der Waals surface area contributed by atoms with Gasteiger partial charge in [0.15, 0.2) is 0 Å². The smallest absolute Gasteiger partial charge is 0.274 e. The second-order valence-corrected chi connectivity index (χ2v) is 6.06. The molecule has 1 amide bonds. The van der Waals surface area contributed by atoms with Crippen LogP contribution in [0.5, 0.6) is 11.5 Å². The maximum atomic E-state index is 12.4. The van der Waals surface area contributed by atoms with Gasteiger partial charge in [-0.3, -0.25) is 4.79 Å². The van der Waals surface area contributed by atoms with Crippen LogP contribution < -0.4 is 20.1 Å². The summed E-state index contributed by atoms with van der Waals surface area (Å²) in [6, 6.07) is 8.76. The van der Waals surface area contributed by atoms with E-state index in [1.54, 1.807) is 44.7 Å². The topological polar surface area (TPSA) is 72.5 Å². The largest absolute Gasteiger partial charge is 0.497 e. The molecule has 0 radical (unpaired) electrons. The maximum absolute atomic E-state index is 12.4. The molecule has 0 unspecified atom stereocenters. The van der Waals surface area contributed by atoms with Gasteiger partial charge in [0.2, 0.25) is 0 Å². The highest BCUT2D eigenvalue weighted by Gasteiger charge is 2.12. The molecule has 1 aromatic heterocycles. The number of pyridine rings is 1. The SMILES string of the molecule is COc1ccc(OC)c(NC(=O)c2ccc(NCCC(C)C)cn2)c1. The van der Waals surface area contributed by atoms with Crippen LogP contribution in [0.15, 0.2) is 36.5 Å². The number of rotatable bonds is 8. The summed E-state index contributed by atoms with van der Waals surface area (Å²) in [6.45, 7) is 5.24. The quantitative estimate of drug-likeness (QED) is 0.762. The van der Waals surface area contributed by atoms with E-state index in [-0.39, 0.29) is 5.91 Å². The molecule has 0 aliphatic carbocycles. The summed E-state index contributed by atoms with van der Waals surface area (Å²) in [7, 11) is 3.12. The molecule has 25 heavy (non-hydrogen) atoms. The zero-order chi connectivity index (χ0) is 18.2. The number of aromatic nitrogens is 1. The summed E-state index contributed by atoms with van der Waals surface area (Å²) in [4.78, 5) is 16.6. The molecule has 1 aromatic carbocycles. The van der Waals surface area contributed by atoms with E-state index in [1.165, 1.54) is 0 Å². The Morgan fingerprint density at radius 3 is 2.56 bits per heavy atom. The highest BCUT2D eigenvalue weighted by Crippen LogP contribution is 2.29. The number of nitrogens with zero attached hydrogens (tertiary/aromatic N) is 1. The van der Waals surface area contributed by atoms with Crippen molar-refractivity contribution in [1.82, 2.24) is 4.98 Å². The molecule has 6 nitrogen and oxygen atoms in total. The van der Waals surface area contributed by atoms with Crippen molar-refractivity contribution in [1.29, 1.82) is 0 Å². The predicted octanol–water partition coefficient (Wildman–Crippen LogP) is 3.81. The van der Waals surface area contributed by atoms with E-state index in [1.807, 2.05) is 6.07 Å². The summed E-state index contributed by atoms with van der Waals surface area (Å²) >= 11 is 0. The third-order valence-electron chi connectivity index (χ3n) is 3.70. The minimum Gasteiger partial charge on any atom is -0.497 e. The Labute approximate surface area is 148 Å². The Balaban J connectivity index is 2.03. The average Bonchev–Trinajstić information content (AvgIpc) is 2.61. The Morgan fingerprint density at radius 2 is 1.96 bits per heavy atom. The number of hydrogen-bond donors (Lipinski definition) is 2. The summed E-state index contributed by atoms with van der Waals surface area (Å²) in [6.07, 6.45) is 2.75. The molecule has 134 valence electrons. The van der Waals surface area contributed by atoms with Crippen LogP contribution in [0, 0.1) is 5.92 Å². The van der Waals surface area contributed by atoms with E-state index in [4.69, 9.17) is 9.47 Å². The monoisotopic (exact) mass is 343 g/mol. The van der Waals surface area contributed by atoms with Crippen molar-refractivity contribution in [2.24, 2.45) is 5.92 Å². The van der Waals surface area contributed by atoms with Gasteiger partial charge >= 0.3 is 0 Å². The fourth-order valence-corrected chi connectivity index (χ4v) is 2.24. The van der Waals surface area contributed by atoms with Crippen LogP contribution in [-0.4, -0.2) is 31.7 Å². The molecule has 0 saturated carbocycles. The number of methoxy groups -OCH3 is 2. The molecule has 0 fully saturated rings. The van der Waals surface area contributed by atoms with Gasteiger partial charge in [0.1, 0.15) is 17.2 Å². The summed E-state index contributed by atoms with van der Waals surface area (Å²) in [5.41, 5.74) is 1.77. The van der Waals surface area contributed by atoms with Gasteiger partial charge in [0, 0.05) is 12.6 Å². The fraction of sp³-hybridized carbons (Fsp3) is 0.368. The van der Waals surface area contributed by atoms with Gasteiger partial charge in [0.05, 0.1) is 31.8 Å². The normalized spacial score (nSPS) is 10.4. The first-order valence-electron chi connectivity index (χ1n) is 8.26. The van der Waals surface area contributed by atoms with E-state index >= 15 is 0 Å². The highest BCUT2D eigenvalue weighted by molar-refractivity contribution is 6.03. The van der Waals surface area contributed by atoms with Crippen molar-refractivity contribution in [3.8, 4) is 11.5 Å². The Morgan fingerprint density at radius 1 is 1.16 bits per heavy atom. The molecular formula is C19H25N3O3. The van der Waals surface area contributed by atoms with Crippen molar-refractivity contribution < 1.29 is 14.3 Å². The first-order chi connectivity index (χ1) is 12.0. The molecule has 0 atom stereocenters. The van der Waals surface area contributed by atoms with Crippen LogP contribution in [-0.2, 0) is 0 Å². The van der Waals surface area contributed by atoms with E-state index in [0.717, 1.165) is 18.7 Å². The van der Waals surface area contributed by atoms with E-state index in [0.29, 0.717) is 28.8 Å². The van der Waals surface area contributed by atoms with Crippen molar-refractivity contribution >= 4 is 17.3 Å². The molecule has 2 aromatic rings. The lowest BCUT2D eigenvalue weighted by Gasteiger charge is -2.12. The molecular weight excluding hydrogens is 318 g/mol. The Kier molecular flexibility index (Phi) is 6.62. The number of hydrogen-bond acceptors (Lipinski definition) is 5.